The van der Waals surface area contributed by atoms with Crippen LogP contribution in [0.1, 0.15) is 16.1 Å². The molecule has 0 spiro atoms. The Hall–Kier alpha value is -1.55. The van der Waals surface area contributed by atoms with Crippen molar-refractivity contribution in [2.75, 3.05) is 0 Å². The normalized spacial score (nSPS) is 10.1. The summed E-state index contributed by atoms with van der Waals surface area (Å²) in [5.74, 6) is 0. The molecule has 0 unspecified atom stereocenters. The summed E-state index contributed by atoms with van der Waals surface area (Å²) in [5, 5.41) is 2.51. The lowest BCUT2D eigenvalue weighted by molar-refractivity contribution is 0.111. The summed E-state index contributed by atoms with van der Waals surface area (Å²) in [6.07, 6.45) is 2.53. The van der Waals surface area contributed by atoms with E-state index in [2.05, 4.69) is 9.97 Å². The molecule has 0 N–H and O–H groups in total. The lowest BCUT2D eigenvalue weighted by Crippen LogP contribution is -1.84. The number of nitrogens with zero attached hydrogens (tertiary/aromatic N) is 2. The Morgan fingerprint density at radius 1 is 1.43 bits per heavy atom. The molecule has 14 heavy (non-hydrogen) atoms. The van der Waals surface area contributed by atoms with Gasteiger partial charge >= 0.3 is 0 Å². The quantitative estimate of drug-likeness (QED) is 0.705. The molecule has 0 atom stereocenters. The summed E-state index contributed by atoms with van der Waals surface area (Å²) in [6.45, 7) is 1.98. The molecule has 0 amide bonds. The molecule has 70 valence electrons. The standard InChI is InChI=1S/C10H8N2OS/c1-7-2-3-9(11-4-7)10-12-8(5-13)6-14-10/h2-6H,1H3. The fourth-order valence-electron chi connectivity index (χ4n) is 1.05. The summed E-state index contributed by atoms with van der Waals surface area (Å²) in [5.41, 5.74) is 2.39. The van der Waals surface area contributed by atoms with Crippen LogP contribution < -0.4 is 0 Å². The van der Waals surface area contributed by atoms with Crippen LogP contribution in [-0.4, -0.2) is 16.3 Å². The molecule has 2 aromatic rings. The minimum Gasteiger partial charge on any atom is -0.296 e. The van der Waals surface area contributed by atoms with Gasteiger partial charge in [-0.1, -0.05) is 6.07 Å². The molecular weight excluding hydrogens is 196 g/mol. The van der Waals surface area contributed by atoms with E-state index >= 15 is 0 Å². The Balaban J connectivity index is 2.39. The maximum atomic E-state index is 10.4. The van der Waals surface area contributed by atoms with Crippen LogP contribution in [0.3, 0.4) is 0 Å². The summed E-state index contributed by atoms with van der Waals surface area (Å²) in [4.78, 5) is 18.8. The first kappa shape index (κ1) is 9.02. The molecule has 0 saturated heterocycles. The molecule has 0 saturated carbocycles. The van der Waals surface area contributed by atoms with E-state index in [1.807, 2.05) is 19.1 Å². The van der Waals surface area contributed by atoms with Crippen LogP contribution in [0.5, 0.6) is 0 Å². The Kier molecular flexibility index (Phi) is 2.37. The number of hydrogen-bond acceptors (Lipinski definition) is 4. The minimum atomic E-state index is 0.465. The van der Waals surface area contributed by atoms with Gasteiger partial charge in [0.1, 0.15) is 10.7 Å². The van der Waals surface area contributed by atoms with E-state index in [1.54, 1.807) is 11.6 Å². The van der Waals surface area contributed by atoms with Crippen molar-refractivity contribution < 1.29 is 4.79 Å². The fourth-order valence-corrected chi connectivity index (χ4v) is 1.79. The van der Waals surface area contributed by atoms with Crippen LogP contribution in [0, 0.1) is 6.92 Å². The van der Waals surface area contributed by atoms with Gasteiger partial charge in [0, 0.05) is 11.6 Å². The highest BCUT2D eigenvalue weighted by molar-refractivity contribution is 7.13. The minimum absolute atomic E-state index is 0.465. The van der Waals surface area contributed by atoms with Crippen LogP contribution >= 0.6 is 11.3 Å². The molecule has 0 radical (unpaired) electrons. The van der Waals surface area contributed by atoms with E-state index in [0.717, 1.165) is 22.6 Å². The topological polar surface area (TPSA) is 42.9 Å². The summed E-state index contributed by atoms with van der Waals surface area (Å²) in [7, 11) is 0. The molecule has 0 fully saturated rings. The lowest BCUT2D eigenvalue weighted by atomic mass is 10.3. The number of aldehydes is 1. The van der Waals surface area contributed by atoms with Crippen LogP contribution in [0.4, 0.5) is 0 Å². The highest BCUT2D eigenvalue weighted by atomic mass is 32.1. The van der Waals surface area contributed by atoms with Gasteiger partial charge in [-0.2, -0.15) is 0 Å². The molecular formula is C10H8N2OS. The van der Waals surface area contributed by atoms with E-state index < -0.39 is 0 Å². The number of aromatic nitrogens is 2. The third-order valence-electron chi connectivity index (χ3n) is 1.77. The molecule has 0 aromatic carbocycles. The van der Waals surface area contributed by atoms with Crippen LogP contribution in [-0.2, 0) is 0 Å². The number of thiazole rings is 1. The van der Waals surface area contributed by atoms with Gasteiger partial charge in [0.15, 0.2) is 6.29 Å². The number of carbonyl (C=O) groups excluding carboxylic acids is 1. The van der Waals surface area contributed by atoms with Crippen LogP contribution in [0.15, 0.2) is 23.7 Å². The average Bonchev–Trinajstić information content (AvgIpc) is 2.67. The van der Waals surface area contributed by atoms with E-state index in [1.165, 1.54) is 11.3 Å². The van der Waals surface area contributed by atoms with Crippen LogP contribution in [0.25, 0.3) is 10.7 Å². The van der Waals surface area contributed by atoms with Crippen molar-refractivity contribution in [2.45, 2.75) is 6.92 Å². The maximum absolute atomic E-state index is 10.4. The first-order chi connectivity index (χ1) is 6.79. The number of rotatable bonds is 2. The van der Waals surface area contributed by atoms with Crippen molar-refractivity contribution >= 4 is 17.6 Å². The average molecular weight is 204 g/mol. The zero-order valence-corrected chi connectivity index (χ0v) is 8.41. The highest BCUT2D eigenvalue weighted by Gasteiger charge is 2.04. The molecule has 0 aliphatic heterocycles. The zero-order chi connectivity index (χ0) is 9.97. The largest absolute Gasteiger partial charge is 0.296 e. The maximum Gasteiger partial charge on any atom is 0.169 e. The molecule has 2 rings (SSSR count). The van der Waals surface area contributed by atoms with Gasteiger partial charge in [-0.05, 0) is 18.6 Å². The van der Waals surface area contributed by atoms with Crippen molar-refractivity contribution in [3.63, 3.8) is 0 Å². The first-order valence-electron chi connectivity index (χ1n) is 4.13. The van der Waals surface area contributed by atoms with Gasteiger partial charge in [0.05, 0.1) is 5.69 Å². The Morgan fingerprint density at radius 3 is 2.86 bits per heavy atom. The molecule has 3 nitrogen and oxygen atoms in total. The van der Waals surface area contributed by atoms with Gasteiger partial charge in [-0.3, -0.25) is 9.78 Å². The number of aryl methyl sites for hydroxylation is 1. The number of hydrogen-bond donors (Lipinski definition) is 0. The van der Waals surface area contributed by atoms with Gasteiger partial charge in [-0.15, -0.1) is 11.3 Å². The van der Waals surface area contributed by atoms with Crippen molar-refractivity contribution in [2.24, 2.45) is 0 Å². The van der Waals surface area contributed by atoms with E-state index in [4.69, 9.17) is 0 Å². The summed E-state index contributed by atoms with van der Waals surface area (Å²) in [6, 6.07) is 3.88. The second kappa shape index (κ2) is 3.67. The molecule has 2 aromatic heterocycles. The monoisotopic (exact) mass is 204 g/mol. The molecule has 0 aliphatic rings. The van der Waals surface area contributed by atoms with Gasteiger partial charge in [0.25, 0.3) is 0 Å². The Labute approximate surface area is 85.5 Å². The molecule has 2 heterocycles. The first-order valence-corrected chi connectivity index (χ1v) is 5.01. The molecule has 0 bridgehead atoms. The summed E-state index contributed by atoms with van der Waals surface area (Å²) >= 11 is 1.43. The van der Waals surface area contributed by atoms with Crippen LogP contribution in [0.2, 0.25) is 0 Å². The zero-order valence-electron chi connectivity index (χ0n) is 7.60. The highest BCUT2D eigenvalue weighted by Crippen LogP contribution is 2.20. The van der Waals surface area contributed by atoms with Crippen molar-refractivity contribution in [3.8, 4) is 10.7 Å². The summed E-state index contributed by atoms with van der Waals surface area (Å²) < 4.78 is 0. The second-order valence-electron chi connectivity index (χ2n) is 2.92. The van der Waals surface area contributed by atoms with E-state index in [9.17, 15) is 4.79 Å². The third-order valence-corrected chi connectivity index (χ3v) is 2.66. The van der Waals surface area contributed by atoms with Crippen molar-refractivity contribution in [3.05, 3.63) is 35.0 Å². The van der Waals surface area contributed by atoms with Gasteiger partial charge in [-0.25, -0.2) is 4.98 Å². The fraction of sp³-hybridized carbons (Fsp3) is 0.100. The van der Waals surface area contributed by atoms with E-state index in [-0.39, 0.29) is 0 Å². The van der Waals surface area contributed by atoms with Crippen molar-refractivity contribution in [1.82, 2.24) is 9.97 Å². The van der Waals surface area contributed by atoms with Gasteiger partial charge < -0.3 is 0 Å². The molecule has 0 aliphatic carbocycles. The Morgan fingerprint density at radius 2 is 2.29 bits per heavy atom. The smallest absolute Gasteiger partial charge is 0.169 e. The number of carbonyl (C=O) groups is 1. The SMILES string of the molecule is Cc1ccc(-c2nc(C=O)cs2)nc1. The lowest BCUT2D eigenvalue weighted by Gasteiger charge is -1.94. The Bertz CT molecular complexity index is 447. The number of pyridine rings is 1. The molecule has 4 heteroatoms. The van der Waals surface area contributed by atoms with Gasteiger partial charge in [0.2, 0.25) is 0 Å². The predicted molar refractivity (Wildman–Crippen MR) is 55.5 cm³/mol. The third kappa shape index (κ3) is 1.70. The van der Waals surface area contributed by atoms with Crippen molar-refractivity contribution in [1.29, 1.82) is 0 Å². The second-order valence-corrected chi connectivity index (χ2v) is 3.77. The van der Waals surface area contributed by atoms with E-state index in [0.29, 0.717) is 5.69 Å². The predicted octanol–water partition coefficient (Wildman–Crippen LogP) is 2.33.